The number of hydrogen-bond donors (Lipinski definition) is 1. The van der Waals surface area contributed by atoms with E-state index in [1.807, 2.05) is 0 Å². The van der Waals surface area contributed by atoms with Crippen molar-refractivity contribution in [2.24, 2.45) is 5.41 Å². The van der Waals surface area contributed by atoms with Crippen LogP contribution in [0.15, 0.2) is 12.1 Å². The molecule has 0 bridgehead atoms. The van der Waals surface area contributed by atoms with Gasteiger partial charge in [-0.15, -0.1) is 0 Å². The first-order valence-corrected chi connectivity index (χ1v) is 5.49. The van der Waals surface area contributed by atoms with Gasteiger partial charge in [0.2, 0.25) is 0 Å². The first kappa shape index (κ1) is 11.6. The van der Waals surface area contributed by atoms with Crippen molar-refractivity contribution in [3.05, 3.63) is 34.1 Å². The summed E-state index contributed by atoms with van der Waals surface area (Å²) in [6.45, 7) is 1.39. The summed E-state index contributed by atoms with van der Waals surface area (Å²) in [4.78, 5) is 12.0. The lowest BCUT2D eigenvalue weighted by Gasteiger charge is -2.12. The summed E-state index contributed by atoms with van der Waals surface area (Å²) in [5.74, 6) is -0.694. The molecule has 1 fully saturated rings. The van der Waals surface area contributed by atoms with E-state index in [-0.39, 0.29) is 23.0 Å². The molecule has 1 saturated carbocycles. The molecule has 0 aromatic heterocycles. The van der Waals surface area contributed by atoms with Crippen LogP contribution in [0.3, 0.4) is 0 Å². The molecular formula is C12H12ClFO2. The van der Waals surface area contributed by atoms with Crippen LogP contribution >= 0.6 is 11.6 Å². The van der Waals surface area contributed by atoms with Crippen LogP contribution in [0, 0.1) is 18.2 Å². The van der Waals surface area contributed by atoms with Crippen LogP contribution in [-0.4, -0.2) is 17.5 Å². The molecule has 1 aromatic carbocycles. The third kappa shape index (κ3) is 1.74. The van der Waals surface area contributed by atoms with Crippen LogP contribution in [0.1, 0.15) is 28.8 Å². The van der Waals surface area contributed by atoms with E-state index in [0.29, 0.717) is 18.4 Å². The van der Waals surface area contributed by atoms with Gasteiger partial charge < -0.3 is 5.11 Å². The number of carbonyl (C=O) groups excluding carboxylic acids is 1. The maximum atomic E-state index is 13.4. The number of benzene rings is 1. The van der Waals surface area contributed by atoms with Gasteiger partial charge in [0.05, 0.1) is 17.0 Å². The summed E-state index contributed by atoms with van der Waals surface area (Å²) in [5.41, 5.74) is -0.113. The maximum absolute atomic E-state index is 13.4. The van der Waals surface area contributed by atoms with Gasteiger partial charge in [-0.2, -0.15) is 0 Å². The molecular weight excluding hydrogens is 231 g/mol. The molecule has 1 aliphatic carbocycles. The Hall–Kier alpha value is -0.930. The molecule has 0 amide bonds. The van der Waals surface area contributed by atoms with Crippen LogP contribution in [0.4, 0.5) is 4.39 Å². The van der Waals surface area contributed by atoms with Gasteiger partial charge in [0, 0.05) is 5.56 Å². The molecule has 0 radical (unpaired) electrons. The number of aliphatic hydroxyl groups excluding tert-OH is 1. The Bertz CT molecular complexity index is 453. The minimum absolute atomic E-state index is 0.177. The Morgan fingerprint density at radius 1 is 1.56 bits per heavy atom. The van der Waals surface area contributed by atoms with E-state index in [1.165, 1.54) is 6.07 Å². The van der Waals surface area contributed by atoms with Crippen LogP contribution < -0.4 is 0 Å². The molecule has 1 N–H and O–H groups in total. The lowest BCUT2D eigenvalue weighted by atomic mass is 9.95. The molecule has 16 heavy (non-hydrogen) atoms. The van der Waals surface area contributed by atoms with Crippen molar-refractivity contribution in [2.45, 2.75) is 19.8 Å². The summed E-state index contributed by atoms with van der Waals surface area (Å²) in [7, 11) is 0. The average Bonchev–Trinajstić information content (AvgIpc) is 3.03. The van der Waals surface area contributed by atoms with Crippen molar-refractivity contribution in [3.8, 4) is 0 Å². The van der Waals surface area contributed by atoms with Gasteiger partial charge in [-0.3, -0.25) is 4.79 Å². The molecule has 2 rings (SSSR count). The normalized spacial score (nSPS) is 17.2. The summed E-state index contributed by atoms with van der Waals surface area (Å²) in [6.07, 6.45) is 1.29. The zero-order chi connectivity index (χ0) is 11.9. The lowest BCUT2D eigenvalue weighted by Crippen LogP contribution is -2.20. The molecule has 0 saturated heterocycles. The average molecular weight is 243 g/mol. The fraction of sp³-hybridized carbons (Fsp3) is 0.417. The highest BCUT2D eigenvalue weighted by Crippen LogP contribution is 2.48. The minimum Gasteiger partial charge on any atom is -0.395 e. The highest BCUT2D eigenvalue weighted by atomic mass is 35.5. The monoisotopic (exact) mass is 242 g/mol. The first-order chi connectivity index (χ1) is 7.50. The molecule has 1 aliphatic rings. The summed E-state index contributed by atoms with van der Waals surface area (Å²) in [6, 6.07) is 2.60. The van der Waals surface area contributed by atoms with Crippen LogP contribution in [0.5, 0.6) is 0 Å². The van der Waals surface area contributed by atoms with E-state index in [2.05, 4.69) is 0 Å². The van der Waals surface area contributed by atoms with Crippen molar-refractivity contribution in [1.29, 1.82) is 0 Å². The molecule has 0 heterocycles. The number of carbonyl (C=O) groups is 1. The van der Waals surface area contributed by atoms with E-state index in [0.717, 1.165) is 6.07 Å². The predicted molar refractivity (Wildman–Crippen MR) is 59.2 cm³/mol. The van der Waals surface area contributed by atoms with Gasteiger partial charge in [0.25, 0.3) is 0 Å². The summed E-state index contributed by atoms with van der Waals surface area (Å²) in [5, 5.41) is 9.40. The van der Waals surface area contributed by atoms with Gasteiger partial charge in [0.15, 0.2) is 5.78 Å². The van der Waals surface area contributed by atoms with Crippen molar-refractivity contribution in [1.82, 2.24) is 0 Å². The number of ketones is 1. The molecule has 0 unspecified atom stereocenters. The first-order valence-electron chi connectivity index (χ1n) is 5.11. The predicted octanol–water partition coefficient (Wildman–Crippen LogP) is 2.74. The molecule has 0 spiro atoms. The minimum atomic E-state index is -0.703. The number of Topliss-reactive ketones (excluding diaryl/α,β-unsaturated/α-hetero) is 1. The second-order valence-electron chi connectivity index (χ2n) is 4.35. The third-order valence-electron chi connectivity index (χ3n) is 3.13. The zero-order valence-electron chi connectivity index (χ0n) is 8.89. The Labute approximate surface area is 98.0 Å². The fourth-order valence-electron chi connectivity index (χ4n) is 1.71. The van der Waals surface area contributed by atoms with E-state index in [1.54, 1.807) is 6.92 Å². The topological polar surface area (TPSA) is 37.3 Å². The highest BCUT2D eigenvalue weighted by molar-refractivity contribution is 6.34. The van der Waals surface area contributed by atoms with Crippen molar-refractivity contribution in [2.75, 3.05) is 6.61 Å². The smallest absolute Gasteiger partial charge is 0.172 e. The van der Waals surface area contributed by atoms with Crippen molar-refractivity contribution < 1.29 is 14.3 Å². The second-order valence-corrected chi connectivity index (χ2v) is 4.76. The Balaban J connectivity index is 2.41. The molecule has 2 nitrogen and oxygen atoms in total. The van der Waals surface area contributed by atoms with Gasteiger partial charge in [-0.05, 0) is 37.5 Å². The fourth-order valence-corrected chi connectivity index (χ4v) is 2.02. The number of rotatable bonds is 3. The highest BCUT2D eigenvalue weighted by Gasteiger charge is 2.49. The summed E-state index contributed by atoms with van der Waals surface area (Å²) >= 11 is 5.92. The van der Waals surface area contributed by atoms with E-state index < -0.39 is 11.2 Å². The van der Waals surface area contributed by atoms with Crippen molar-refractivity contribution in [3.63, 3.8) is 0 Å². The van der Waals surface area contributed by atoms with Crippen molar-refractivity contribution >= 4 is 17.4 Å². The maximum Gasteiger partial charge on any atom is 0.172 e. The van der Waals surface area contributed by atoms with E-state index >= 15 is 0 Å². The molecule has 1 aromatic rings. The zero-order valence-corrected chi connectivity index (χ0v) is 9.64. The van der Waals surface area contributed by atoms with Gasteiger partial charge in [-0.1, -0.05) is 11.6 Å². The largest absolute Gasteiger partial charge is 0.395 e. The lowest BCUT2D eigenvalue weighted by molar-refractivity contribution is 0.0829. The Kier molecular flexibility index (Phi) is 2.76. The summed E-state index contributed by atoms with van der Waals surface area (Å²) < 4.78 is 13.4. The van der Waals surface area contributed by atoms with Crippen LogP contribution in [0.25, 0.3) is 0 Å². The quantitative estimate of drug-likeness (QED) is 0.828. The van der Waals surface area contributed by atoms with Crippen LogP contribution in [-0.2, 0) is 0 Å². The SMILES string of the molecule is Cc1cc(Cl)c(C(=O)C2(CO)CC2)cc1F. The number of halogens is 2. The van der Waals surface area contributed by atoms with Gasteiger partial charge in [0.1, 0.15) is 5.82 Å². The standard InChI is InChI=1S/C12H12ClFO2/c1-7-4-9(13)8(5-10(7)14)11(16)12(6-15)2-3-12/h4-5,15H,2-3,6H2,1H3. The van der Waals surface area contributed by atoms with Crippen LogP contribution in [0.2, 0.25) is 5.02 Å². The molecule has 4 heteroatoms. The molecule has 86 valence electrons. The van der Waals surface area contributed by atoms with Gasteiger partial charge >= 0.3 is 0 Å². The number of aryl methyl sites for hydroxylation is 1. The molecule has 0 atom stereocenters. The molecule has 0 aliphatic heterocycles. The number of hydrogen-bond acceptors (Lipinski definition) is 2. The Morgan fingerprint density at radius 2 is 2.19 bits per heavy atom. The van der Waals surface area contributed by atoms with E-state index in [4.69, 9.17) is 16.7 Å². The third-order valence-corrected chi connectivity index (χ3v) is 3.44. The number of aliphatic hydroxyl groups is 1. The Morgan fingerprint density at radius 3 is 2.69 bits per heavy atom. The second kappa shape index (κ2) is 3.82. The van der Waals surface area contributed by atoms with E-state index in [9.17, 15) is 9.18 Å². The van der Waals surface area contributed by atoms with Gasteiger partial charge in [-0.25, -0.2) is 4.39 Å².